The zero-order valence-electron chi connectivity index (χ0n) is 18.4. The average Bonchev–Trinajstić information content (AvgIpc) is 2.81. The zero-order valence-corrected chi connectivity index (χ0v) is 20.0. The van der Waals surface area contributed by atoms with Gasteiger partial charge in [-0.15, -0.1) is 0 Å². The van der Waals surface area contributed by atoms with Crippen LogP contribution in [-0.2, 0) is 15.5 Å². The van der Waals surface area contributed by atoms with Crippen LogP contribution >= 0.6 is 19.4 Å². The van der Waals surface area contributed by atoms with Crippen molar-refractivity contribution in [2.75, 3.05) is 13.2 Å². The summed E-state index contributed by atoms with van der Waals surface area (Å²) in [6.45, 7) is -1.05. The van der Waals surface area contributed by atoms with E-state index in [0.717, 1.165) is 5.56 Å². The Kier molecular flexibility index (Phi) is 7.30. The molecule has 0 aliphatic heterocycles. The molecule has 9 nitrogen and oxygen atoms in total. The highest BCUT2D eigenvalue weighted by molar-refractivity contribution is 7.46. The summed E-state index contributed by atoms with van der Waals surface area (Å²) in [5, 5.41) is 10.9. The number of halogens is 1. The SMILES string of the molecule is NC(CO)(CCc1ccc2c(=O)c3ccc(Oc4cccc(Cl)c4)cc3oc2c1)COP(=O)(O)O. The molecule has 4 aromatic rings. The van der Waals surface area contributed by atoms with Gasteiger partial charge in [-0.2, -0.15) is 0 Å². The van der Waals surface area contributed by atoms with E-state index in [-0.39, 0.29) is 11.8 Å². The highest BCUT2D eigenvalue weighted by Crippen LogP contribution is 2.37. The molecule has 0 spiro atoms. The molecule has 184 valence electrons. The van der Waals surface area contributed by atoms with E-state index in [1.54, 1.807) is 60.7 Å². The summed E-state index contributed by atoms with van der Waals surface area (Å²) < 4.78 is 27.3. The van der Waals surface area contributed by atoms with E-state index in [1.165, 1.54) is 0 Å². The first-order chi connectivity index (χ1) is 16.5. The van der Waals surface area contributed by atoms with Gasteiger partial charge in [0.1, 0.15) is 22.7 Å². The third-order valence-electron chi connectivity index (χ3n) is 5.49. The van der Waals surface area contributed by atoms with Crippen LogP contribution < -0.4 is 15.9 Å². The predicted molar refractivity (Wildman–Crippen MR) is 132 cm³/mol. The summed E-state index contributed by atoms with van der Waals surface area (Å²) in [5.41, 5.74) is 5.95. The normalized spacial score (nSPS) is 13.7. The van der Waals surface area contributed by atoms with Gasteiger partial charge in [0.05, 0.1) is 29.5 Å². The summed E-state index contributed by atoms with van der Waals surface area (Å²) in [7, 11) is -4.72. The second kappa shape index (κ2) is 10.1. The van der Waals surface area contributed by atoms with Crippen molar-refractivity contribution in [2.45, 2.75) is 18.4 Å². The Morgan fingerprint density at radius 2 is 1.69 bits per heavy atom. The molecule has 1 aromatic heterocycles. The number of rotatable bonds is 9. The lowest BCUT2D eigenvalue weighted by Gasteiger charge is -2.27. The smallest absolute Gasteiger partial charge is 0.457 e. The zero-order chi connectivity index (χ0) is 25.2. The van der Waals surface area contributed by atoms with Crippen LogP contribution in [0.25, 0.3) is 21.9 Å². The average molecular weight is 520 g/mol. The molecule has 1 heterocycles. The largest absolute Gasteiger partial charge is 0.469 e. The molecule has 1 atom stereocenters. The second-order valence-corrected chi connectivity index (χ2v) is 9.94. The lowest BCUT2D eigenvalue weighted by molar-refractivity contribution is 0.102. The van der Waals surface area contributed by atoms with E-state index in [9.17, 15) is 14.5 Å². The Morgan fingerprint density at radius 3 is 2.37 bits per heavy atom. The maximum absolute atomic E-state index is 13.0. The summed E-state index contributed by atoms with van der Waals surface area (Å²) in [6.07, 6.45) is 0.516. The minimum atomic E-state index is -4.72. The molecule has 0 radical (unpaired) electrons. The Morgan fingerprint density at radius 1 is 1.00 bits per heavy atom. The number of fused-ring (bicyclic) bond motifs is 2. The Balaban J connectivity index is 1.60. The minimum absolute atomic E-state index is 0.171. The summed E-state index contributed by atoms with van der Waals surface area (Å²) in [5.74, 6) is 1.01. The van der Waals surface area contributed by atoms with Crippen LogP contribution in [0.5, 0.6) is 11.5 Å². The van der Waals surface area contributed by atoms with E-state index < -0.39 is 26.6 Å². The van der Waals surface area contributed by atoms with E-state index in [1.807, 2.05) is 0 Å². The van der Waals surface area contributed by atoms with Gasteiger partial charge in [-0.05, 0) is 60.9 Å². The standard InChI is InChI=1S/C24H23ClNO8P/c25-16-2-1-3-17(11-16)33-18-5-7-20-22(12-18)34-21-10-15(4-6-19(21)23(20)28)8-9-24(26,13-27)14-32-35(29,30)31/h1-7,10-12,27H,8-9,13-14,26H2,(H2,29,30,31). The van der Waals surface area contributed by atoms with Gasteiger partial charge < -0.3 is 29.8 Å². The number of hydrogen-bond donors (Lipinski definition) is 4. The van der Waals surface area contributed by atoms with Crippen LogP contribution in [-0.4, -0.2) is 33.6 Å². The Hall–Kier alpha value is -2.75. The molecule has 0 bridgehead atoms. The Labute approximate surface area is 204 Å². The van der Waals surface area contributed by atoms with E-state index in [2.05, 4.69) is 4.52 Å². The molecular formula is C24H23ClNO8P. The Bertz CT molecular complexity index is 1480. The van der Waals surface area contributed by atoms with Gasteiger partial charge in [0.15, 0.2) is 0 Å². The number of phosphoric acid groups is 1. The number of aryl methyl sites for hydroxylation is 1. The van der Waals surface area contributed by atoms with Gasteiger partial charge in [-0.3, -0.25) is 9.32 Å². The van der Waals surface area contributed by atoms with E-state index >= 15 is 0 Å². The highest BCUT2D eigenvalue weighted by atomic mass is 35.5. The van der Waals surface area contributed by atoms with Gasteiger partial charge in [-0.25, -0.2) is 4.57 Å². The van der Waals surface area contributed by atoms with E-state index in [0.29, 0.717) is 44.9 Å². The first kappa shape index (κ1) is 25.3. The van der Waals surface area contributed by atoms with Crippen molar-refractivity contribution in [1.82, 2.24) is 0 Å². The van der Waals surface area contributed by atoms with Crippen molar-refractivity contribution in [2.24, 2.45) is 5.73 Å². The summed E-state index contributed by atoms with van der Waals surface area (Å²) in [6, 6.07) is 16.9. The summed E-state index contributed by atoms with van der Waals surface area (Å²) in [4.78, 5) is 30.8. The first-order valence-corrected chi connectivity index (χ1v) is 12.5. The fraction of sp³-hybridized carbons (Fsp3) is 0.208. The molecule has 1 unspecified atom stereocenters. The molecule has 0 aliphatic rings. The van der Waals surface area contributed by atoms with Gasteiger partial charge in [0.2, 0.25) is 5.43 Å². The molecular weight excluding hydrogens is 497 g/mol. The van der Waals surface area contributed by atoms with Gasteiger partial charge in [0, 0.05) is 11.1 Å². The molecule has 4 rings (SSSR count). The molecule has 0 fully saturated rings. The monoisotopic (exact) mass is 519 g/mol. The van der Waals surface area contributed by atoms with Crippen LogP contribution in [0.4, 0.5) is 0 Å². The molecule has 35 heavy (non-hydrogen) atoms. The number of nitrogens with two attached hydrogens (primary N) is 1. The van der Waals surface area contributed by atoms with Gasteiger partial charge in [0.25, 0.3) is 0 Å². The fourth-order valence-corrected chi connectivity index (χ4v) is 4.17. The molecule has 0 saturated carbocycles. The van der Waals surface area contributed by atoms with Crippen LogP contribution in [0.15, 0.2) is 69.9 Å². The number of aliphatic hydroxyl groups excluding tert-OH is 1. The number of benzene rings is 3. The lowest BCUT2D eigenvalue weighted by Crippen LogP contribution is -2.48. The van der Waals surface area contributed by atoms with Crippen molar-refractivity contribution in [3.05, 3.63) is 81.5 Å². The fourth-order valence-electron chi connectivity index (χ4n) is 3.57. The number of ether oxygens (including phenoxy) is 1. The minimum Gasteiger partial charge on any atom is -0.457 e. The topological polar surface area (TPSA) is 152 Å². The number of aliphatic hydroxyl groups is 1. The third kappa shape index (κ3) is 6.28. The second-order valence-electron chi connectivity index (χ2n) is 8.26. The van der Waals surface area contributed by atoms with Gasteiger partial charge in [-0.1, -0.05) is 23.7 Å². The van der Waals surface area contributed by atoms with Crippen LogP contribution in [0, 0.1) is 0 Å². The predicted octanol–water partition coefficient (Wildman–Crippen LogP) is 4.12. The lowest BCUT2D eigenvalue weighted by atomic mass is 9.93. The molecule has 5 N–H and O–H groups in total. The summed E-state index contributed by atoms with van der Waals surface area (Å²) >= 11 is 6.00. The van der Waals surface area contributed by atoms with Crippen molar-refractivity contribution < 1.29 is 33.1 Å². The third-order valence-corrected chi connectivity index (χ3v) is 6.19. The molecule has 0 amide bonds. The van der Waals surface area contributed by atoms with Crippen molar-refractivity contribution >= 4 is 41.4 Å². The number of hydrogen-bond acceptors (Lipinski definition) is 7. The quantitative estimate of drug-likeness (QED) is 0.189. The molecule has 0 aliphatic carbocycles. The van der Waals surface area contributed by atoms with Gasteiger partial charge >= 0.3 is 7.82 Å². The maximum Gasteiger partial charge on any atom is 0.469 e. The van der Waals surface area contributed by atoms with E-state index in [4.69, 9.17) is 36.3 Å². The van der Waals surface area contributed by atoms with Crippen LogP contribution in [0.3, 0.4) is 0 Å². The molecule has 3 aromatic carbocycles. The van der Waals surface area contributed by atoms with Crippen molar-refractivity contribution in [3.63, 3.8) is 0 Å². The van der Waals surface area contributed by atoms with Crippen molar-refractivity contribution in [3.8, 4) is 11.5 Å². The van der Waals surface area contributed by atoms with Crippen LogP contribution in [0.2, 0.25) is 5.02 Å². The molecule has 11 heteroatoms. The first-order valence-electron chi connectivity index (χ1n) is 10.6. The van der Waals surface area contributed by atoms with Crippen molar-refractivity contribution in [1.29, 1.82) is 0 Å². The highest BCUT2D eigenvalue weighted by Gasteiger charge is 2.28. The molecule has 0 saturated heterocycles. The maximum atomic E-state index is 13.0. The number of phosphoric ester groups is 1. The van der Waals surface area contributed by atoms with Crippen LogP contribution in [0.1, 0.15) is 12.0 Å².